The Labute approximate surface area is 139 Å². The highest BCUT2D eigenvalue weighted by atomic mass is 32.1. The summed E-state index contributed by atoms with van der Waals surface area (Å²) in [5.41, 5.74) is 1.79. The molecule has 8 heteroatoms. The second-order valence-electron chi connectivity index (χ2n) is 4.45. The number of anilines is 1. The van der Waals surface area contributed by atoms with Gasteiger partial charge in [0.2, 0.25) is 5.13 Å². The summed E-state index contributed by atoms with van der Waals surface area (Å²) in [6.07, 6.45) is 0. The summed E-state index contributed by atoms with van der Waals surface area (Å²) < 4.78 is 4.62. The van der Waals surface area contributed by atoms with Gasteiger partial charge in [-0.25, -0.2) is 4.79 Å². The number of thiophene rings is 1. The molecular formula is C15H11N3O3S2. The number of benzene rings is 1. The number of hydrogen-bond donors (Lipinski definition) is 1. The Morgan fingerprint density at radius 2 is 1.83 bits per heavy atom. The van der Waals surface area contributed by atoms with Crippen LogP contribution in [0.2, 0.25) is 0 Å². The van der Waals surface area contributed by atoms with Gasteiger partial charge in [0.15, 0.2) is 0 Å². The molecule has 0 aliphatic rings. The summed E-state index contributed by atoms with van der Waals surface area (Å²) in [5, 5.41) is 15.8. The minimum atomic E-state index is -0.443. The summed E-state index contributed by atoms with van der Waals surface area (Å²) in [7, 11) is 1.31. The fourth-order valence-corrected chi connectivity index (χ4v) is 3.27. The monoisotopic (exact) mass is 345 g/mol. The van der Waals surface area contributed by atoms with E-state index in [2.05, 4.69) is 20.3 Å². The number of carbonyl (C=O) groups excluding carboxylic acids is 2. The van der Waals surface area contributed by atoms with Crippen molar-refractivity contribution in [2.75, 3.05) is 12.4 Å². The van der Waals surface area contributed by atoms with Gasteiger partial charge in [0.1, 0.15) is 5.01 Å². The lowest BCUT2D eigenvalue weighted by molar-refractivity contribution is 0.0600. The molecule has 1 amide bonds. The summed E-state index contributed by atoms with van der Waals surface area (Å²) in [6.45, 7) is 0. The number of rotatable bonds is 4. The van der Waals surface area contributed by atoms with Crippen LogP contribution in [0.15, 0.2) is 41.1 Å². The molecule has 0 spiro atoms. The molecule has 1 aromatic carbocycles. The minimum Gasteiger partial charge on any atom is -0.465 e. The number of ether oxygens (including phenoxy) is 1. The largest absolute Gasteiger partial charge is 0.465 e. The Morgan fingerprint density at radius 1 is 1.09 bits per heavy atom. The lowest BCUT2D eigenvalue weighted by Crippen LogP contribution is -2.12. The van der Waals surface area contributed by atoms with Crippen molar-refractivity contribution in [2.45, 2.75) is 0 Å². The van der Waals surface area contributed by atoms with Crippen LogP contribution in [0.1, 0.15) is 20.7 Å². The van der Waals surface area contributed by atoms with Crippen LogP contribution in [-0.4, -0.2) is 29.2 Å². The van der Waals surface area contributed by atoms with Crippen LogP contribution < -0.4 is 5.32 Å². The highest BCUT2D eigenvalue weighted by molar-refractivity contribution is 7.19. The maximum atomic E-state index is 12.2. The first-order valence-electron chi connectivity index (χ1n) is 6.53. The molecule has 1 N–H and O–H groups in total. The molecule has 0 saturated carbocycles. The fourth-order valence-electron chi connectivity index (χ4n) is 1.82. The van der Waals surface area contributed by atoms with Crippen LogP contribution in [0.4, 0.5) is 5.13 Å². The van der Waals surface area contributed by atoms with Gasteiger partial charge in [-0.3, -0.25) is 10.1 Å². The molecule has 0 radical (unpaired) electrons. The third kappa shape index (κ3) is 3.43. The van der Waals surface area contributed by atoms with Gasteiger partial charge in [0, 0.05) is 16.5 Å². The Balaban J connectivity index is 1.71. The highest BCUT2D eigenvalue weighted by Crippen LogP contribution is 2.28. The Bertz CT molecular complexity index is 826. The molecule has 0 fully saturated rings. The molecule has 0 aliphatic carbocycles. The SMILES string of the molecule is COC(=O)c1ccc(C(=O)Nc2nnc(-c3ccsc3)s2)cc1. The standard InChI is InChI=1S/C15H11N3O3S2/c1-21-14(20)10-4-2-9(3-5-10)12(19)16-15-18-17-13(23-15)11-6-7-22-8-11/h2-8H,1H3,(H,16,18,19). The molecule has 0 bridgehead atoms. The molecule has 3 aromatic rings. The van der Waals surface area contributed by atoms with Gasteiger partial charge in [0.05, 0.1) is 12.7 Å². The molecule has 116 valence electrons. The van der Waals surface area contributed by atoms with Crippen LogP contribution in [0.3, 0.4) is 0 Å². The van der Waals surface area contributed by atoms with Crippen LogP contribution in [0, 0.1) is 0 Å². The predicted molar refractivity (Wildman–Crippen MR) is 89.0 cm³/mol. The van der Waals surface area contributed by atoms with Crippen molar-refractivity contribution in [3.8, 4) is 10.6 Å². The Hall–Kier alpha value is -2.58. The lowest BCUT2D eigenvalue weighted by atomic mass is 10.1. The molecule has 3 rings (SSSR count). The van der Waals surface area contributed by atoms with E-state index in [9.17, 15) is 9.59 Å². The van der Waals surface area contributed by atoms with E-state index in [0.29, 0.717) is 16.3 Å². The molecule has 23 heavy (non-hydrogen) atoms. The summed E-state index contributed by atoms with van der Waals surface area (Å²) in [6, 6.07) is 8.14. The molecule has 0 aliphatic heterocycles. The zero-order chi connectivity index (χ0) is 16.2. The third-order valence-electron chi connectivity index (χ3n) is 2.98. The molecule has 2 aromatic heterocycles. The number of amides is 1. The zero-order valence-corrected chi connectivity index (χ0v) is 13.6. The number of hydrogen-bond acceptors (Lipinski definition) is 7. The molecular weight excluding hydrogens is 334 g/mol. The van der Waals surface area contributed by atoms with E-state index in [0.717, 1.165) is 10.6 Å². The number of nitrogens with zero attached hydrogens (tertiary/aromatic N) is 2. The van der Waals surface area contributed by atoms with Crippen molar-refractivity contribution in [1.82, 2.24) is 10.2 Å². The summed E-state index contributed by atoms with van der Waals surface area (Å²) >= 11 is 2.88. The van der Waals surface area contributed by atoms with Crippen molar-refractivity contribution in [1.29, 1.82) is 0 Å². The molecule has 0 saturated heterocycles. The average Bonchev–Trinajstić information content (AvgIpc) is 3.25. The van der Waals surface area contributed by atoms with E-state index in [4.69, 9.17) is 0 Å². The van der Waals surface area contributed by atoms with Gasteiger partial charge in [0.25, 0.3) is 5.91 Å². The minimum absolute atomic E-state index is 0.311. The van der Waals surface area contributed by atoms with Crippen LogP contribution in [0.5, 0.6) is 0 Å². The van der Waals surface area contributed by atoms with Crippen molar-refractivity contribution >= 4 is 39.7 Å². The van der Waals surface area contributed by atoms with Crippen molar-refractivity contribution in [3.63, 3.8) is 0 Å². The second-order valence-corrected chi connectivity index (χ2v) is 6.21. The average molecular weight is 345 g/mol. The number of aromatic nitrogens is 2. The summed E-state index contributed by atoms with van der Waals surface area (Å²) in [5.74, 6) is -0.754. The van der Waals surface area contributed by atoms with E-state index in [1.165, 1.54) is 30.6 Å². The van der Waals surface area contributed by atoms with Gasteiger partial charge in [-0.1, -0.05) is 11.3 Å². The first kappa shape index (κ1) is 15.3. The van der Waals surface area contributed by atoms with E-state index >= 15 is 0 Å². The van der Waals surface area contributed by atoms with E-state index in [-0.39, 0.29) is 5.91 Å². The van der Waals surface area contributed by atoms with Crippen LogP contribution in [-0.2, 0) is 4.74 Å². The first-order chi connectivity index (χ1) is 11.2. The maximum absolute atomic E-state index is 12.2. The van der Waals surface area contributed by atoms with E-state index in [1.54, 1.807) is 23.5 Å². The zero-order valence-electron chi connectivity index (χ0n) is 12.0. The quantitative estimate of drug-likeness (QED) is 0.734. The lowest BCUT2D eigenvalue weighted by Gasteiger charge is -2.02. The predicted octanol–water partition coefficient (Wildman–Crippen LogP) is 3.31. The van der Waals surface area contributed by atoms with Gasteiger partial charge in [-0.2, -0.15) is 11.3 Å². The summed E-state index contributed by atoms with van der Waals surface area (Å²) in [4.78, 5) is 23.5. The van der Waals surface area contributed by atoms with Gasteiger partial charge < -0.3 is 4.74 Å². The third-order valence-corrected chi connectivity index (χ3v) is 4.55. The fraction of sp³-hybridized carbons (Fsp3) is 0.0667. The van der Waals surface area contributed by atoms with Crippen molar-refractivity contribution in [3.05, 3.63) is 52.2 Å². The smallest absolute Gasteiger partial charge is 0.337 e. The van der Waals surface area contributed by atoms with E-state index in [1.807, 2.05) is 16.8 Å². The van der Waals surface area contributed by atoms with Crippen LogP contribution >= 0.6 is 22.7 Å². The molecule has 0 atom stereocenters. The van der Waals surface area contributed by atoms with Crippen molar-refractivity contribution in [2.24, 2.45) is 0 Å². The van der Waals surface area contributed by atoms with E-state index < -0.39 is 5.97 Å². The normalized spacial score (nSPS) is 10.3. The first-order valence-corrected chi connectivity index (χ1v) is 8.29. The molecule has 0 unspecified atom stereocenters. The van der Waals surface area contributed by atoms with Gasteiger partial charge in [-0.15, -0.1) is 10.2 Å². The Morgan fingerprint density at radius 3 is 2.48 bits per heavy atom. The second kappa shape index (κ2) is 6.67. The Kier molecular flexibility index (Phi) is 4.45. The topological polar surface area (TPSA) is 81.2 Å². The number of carbonyl (C=O) groups is 2. The number of methoxy groups -OCH3 is 1. The maximum Gasteiger partial charge on any atom is 0.337 e. The number of esters is 1. The van der Waals surface area contributed by atoms with Crippen molar-refractivity contribution < 1.29 is 14.3 Å². The highest BCUT2D eigenvalue weighted by Gasteiger charge is 2.12. The molecule has 2 heterocycles. The van der Waals surface area contributed by atoms with Crippen LogP contribution in [0.25, 0.3) is 10.6 Å². The number of nitrogens with one attached hydrogen (secondary N) is 1. The molecule has 6 nitrogen and oxygen atoms in total. The van der Waals surface area contributed by atoms with Gasteiger partial charge in [-0.05, 0) is 35.7 Å². The van der Waals surface area contributed by atoms with Gasteiger partial charge >= 0.3 is 5.97 Å².